The van der Waals surface area contributed by atoms with E-state index < -0.39 is 11.6 Å². The van der Waals surface area contributed by atoms with Gasteiger partial charge in [-0.05, 0) is 19.9 Å². The Bertz CT molecular complexity index is 464. The fraction of sp³-hybridized carbons (Fsp3) is 0.273. The monoisotopic (exact) mass is 257 g/mol. The molecule has 0 fully saturated rings. The second-order valence-electron chi connectivity index (χ2n) is 3.54. The number of rotatable bonds is 2. The summed E-state index contributed by atoms with van der Waals surface area (Å²) >= 11 is 11.3. The molecule has 0 spiro atoms. The smallest absolute Gasteiger partial charge is 0.341 e. The van der Waals surface area contributed by atoms with Gasteiger partial charge in [0.2, 0.25) is 0 Å². The molecule has 0 amide bonds. The van der Waals surface area contributed by atoms with Gasteiger partial charge in [-0.15, -0.1) is 6.42 Å². The molecule has 0 bridgehead atoms. The number of halogens is 2. The summed E-state index contributed by atoms with van der Waals surface area (Å²) in [6, 6.07) is 1.38. The zero-order chi connectivity index (χ0) is 12.3. The molecule has 1 heterocycles. The van der Waals surface area contributed by atoms with Crippen molar-refractivity contribution in [2.75, 3.05) is 0 Å². The standard InChI is InChI=1S/C11H9Cl2NO2/c1-4-11(2,3)16-10(15)7-5-8(12)9(13)14-6-7/h1,5-6H,2-3H3. The molecule has 84 valence electrons. The first kappa shape index (κ1) is 12.8. The van der Waals surface area contributed by atoms with E-state index in [1.807, 2.05) is 0 Å². The van der Waals surface area contributed by atoms with Crippen LogP contribution in [-0.2, 0) is 4.74 Å². The highest BCUT2D eigenvalue weighted by Gasteiger charge is 2.21. The Hall–Kier alpha value is -1.24. The lowest BCUT2D eigenvalue weighted by Crippen LogP contribution is -2.26. The molecule has 0 aliphatic heterocycles. The van der Waals surface area contributed by atoms with Gasteiger partial charge >= 0.3 is 5.97 Å². The van der Waals surface area contributed by atoms with Crippen LogP contribution in [0.4, 0.5) is 0 Å². The predicted octanol–water partition coefficient (Wildman–Crippen LogP) is 2.96. The van der Waals surface area contributed by atoms with Gasteiger partial charge in [0, 0.05) is 6.20 Å². The van der Waals surface area contributed by atoms with E-state index in [4.69, 9.17) is 34.4 Å². The summed E-state index contributed by atoms with van der Waals surface area (Å²) in [5.41, 5.74) is -0.763. The maximum Gasteiger partial charge on any atom is 0.341 e. The number of hydrogen-bond acceptors (Lipinski definition) is 3. The lowest BCUT2D eigenvalue weighted by atomic mass is 10.1. The van der Waals surface area contributed by atoms with Gasteiger partial charge in [-0.3, -0.25) is 0 Å². The molecule has 0 radical (unpaired) electrons. The SMILES string of the molecule is C#CC(C)(C)OC(=O)c1cnc(Cl)c(Cl)c1. The minimum atomic E-state index is -0.969. The Morgan fingerprint density at radius 3 is 2.69 bits per heavy atom. The first-order valence-electron chi connectivity index (χ1n) is 4.38. The number of carbonyl (C=O) groups is 1. The molecular weight excluding hydrogens is 249 g/mol. The third kappa shape index (κ3) is 3.13. The summed E-state index contributed by atoms with van der Waals surface area (Å²) in [5, 5.41) is 0.323. The average molecular weight is 258 g/mol. The summed E-state index contributed by atoms with van der Waals surface area (Å²) < 4.78 is 5.05. The van der Waals surface area contributed by atoms with Crippen molar-refractivity contribution in [2.24, 2.45) is 0 Å². The van der Waals surface area contributed by atoms with Crippen LogP contribution in [0, 0.1) is 12.3 Å². The van der Waals surface area contributed by atoms with Gasteiger partial charge in [-0.2, -0.15) is 0 Å². The quantitative estimate of drug-likeness (QED) is 0.465. The van der Waals surface area contributed by atoms with Gasteiger partial charge in [0.1, 0.15) is 5.15 Å². The van der Waals surface area contributed by atoms with E-state index in [1.165, 1.54) is 12.3 Å². The van der Waals surface area contributed by atoms with Gasteiger partial charge in [-0.1, -0.05) is 29.1 Å². The third-order valence-corrected chi connectivity index (χ3v) is 2.41. The molecule has 16 heavy (non-hydrogen) atoms. The molecule has 0 aliphatic carbocycles. The number of nitrogens with zero attached hydrogens (tertiary/aromatic N) is 1. The number of ether oxygens (including phenoxy) is 1. The predicted molar refractivity (Wildman–Crippen MR) is 62.6 cm³/mol. The van der Waals surface area contributed by atoms with E-state index in [-0.39, 0.29) is 15.7 Å². The van der Waals surface area contributed by atoms with Gasteiger partial charge < -0.3 is 4.74 Å². The Balaban J connectivity index is 2.91. The van der Waals surface area contributed by atoms with Crippen LogP contribution in [0.3, 0.4) is 0 Å². The minimum Gasteiger partial charge on any atom is -0.443 e. The van der Waals surface area contributed by atoms with Crippen molar-refractivity contribution in [3.05, 3.63) is 28.0 Å². The number of carbonyl (C=O) groups excluding carboxylic acids is 1. The Kier molecular flexibility index (Phi) is 3.79. The lowest BCUT2D eigenvalue weighted by Gasteiger charge is -2.18. The topological polar surface area (TPSA) is 39.2 Å². The fourth-order valence-corrected chi connectivity index (χ4v) is 1.12. The largest absolute Gasteiger partial charge is 0.443 e. The van der Waals surface area contributed by atoms with Gasteiger partial charge in [0.15, 0.2) is 5.60 Å². The van der Waals surface area contributed by atoms with Gasteiger partial charge in [0.25, 0.3) is 0 Å². The van der Waals surface area contributed by atoms with Crippen molar-refractivity contribution in [3.8, 4) is 12.3 Å². The minimum absolute atomic E-state index is 0.134. The highest BCUT2D eigenvalue weighted by Crippen LogP contribution is 2.21. The van der Waals surface area contributed by atoms with E-state index in [2.05, 4.69) is 10.9 Å². The maximum atomic E-state index is 11.6. The van der Waals surface area contributed by atoms with Crippen LogP contribution >= 0.6 is 23.2 Å². The van der Waals surface area contributed by atoms with Crippen LogP contribution in [0.2, 0.25) is 10.2 Å². The molecule has 3 nitrogen and oxygen atoms in total. The number of aromatic nitrogens is 1. The third-order valence-electron chi connectivity index (χ3n) is 1.73. The summed E-state index contributed by atoms with van der Waals surface area (Å²) in [6.07, 6.45) is 6.48. The molecule has 0 saturated heterocycles. The summed E-state index contributed by atoms with van der Waals surface area (Å²) in [7, 11) is 0. The van der Waals surface area contributed by atoms with Crippen LogP contribution in [0.25, 0.3) is 0 Å². The van der Waals surface area contributed by atoms with E-state index in [0.29, 0.717) is 0 Å². The zero-order valence-electron chi connectivity index (χ0n) is 8.75. The van der Waals surface area contributed by atoms with Crippen molar-refractivity contribution in [1.29, 1.82) is 0 Å². The molecule has 0 aliphatic rings. The molecule has 1 aromatic rings. The molecule has 0 unspecified atom stereocenters. The summed E-state index contributed by atoms with van der Waals surface area (Å²) in [5.74, 6) is 1.76. The van der Waals surface area contributed by atoms with Gasteiger partial charge in [-0.25, -0.2) is 9.78 Å². The summed E-state index contributed by atoms with van der Waals surface area (Å²) in [6.45, 7) is 3.21. The van der Waals surface area contributed by atoms with Crippen molar-refractivity contribution in [2.45, 2.75) is 19.4 Å². The van der Waals surface area contributed by atoms with E-state index in [9.17, 15) is 4.79 Å². The Morgan fingerprint density at radius 1 is 1.56 bits per heavy atom. The number of esters is 1. The van der Waals surface area contributed by atoms with E-state index >= 15 is 0 Å². The van der Waals surface area contributed by atoms with Gasteiger partial charge in [0.05, 0.1) is 10.6 Å². The molecule has 1 aromatic heterocycles. The second kappa shape index (κ2) is 4.73. The normalized spacial score (nSPS) is 10.7. The van der Waals surface area contributed by atoms with Crippen LogP contribution in [0.1, 0.15) is 24.2 Å². The highest BCUT2D eigenvalue weighted by atomic mass is 35.5. The second-order valence-corrected chi connectivity index (χ2v) is 4.31. The lowest BCUT2D eigenvalue weighted by molar-refractivity contribution is 0.0204. The van der Waals surface area contributed by atoms with Crippen LogP contribution < -0.4 is 0 Å². The Morgan fingerprint density at radius 2 is 2.19 bits per heavy atom. The molecule has 0 N–H and O–H groups in total. The first-order valence-corrected chi connectivity index (χ1v) is 5.13. The molecule has 5 heteroatoms. The Labute approximate surface area is 104 Å². The van der Waals surface area contributed by atoms with Crippen LogP contribution in [0.5, 0.6) is 0 Å². The molecule has 0 atom stereocenters. The number of pyridine rings is 1. The zero-order valence-corrected chi connectivity index (χ0v) is 10.3. The highest BCUT2D eigenvalue weighted by molar-refractivity contribution is 6.41. The molecule has 1 rings (SSSR count). The van der Waals surface area contributed by atoms with Crippen molar-refractivity contribution < 1.29 is 9.53 Å². The van der Waals surface area contributed by atoms with Crippen molar-refractivity contribution in [3.63, 3.8) is 0 Å². The summed E-state index contributed by atoms with van der Waals surface area (Å²) in [4.78, 5) is 15.4. The van der Waals surface area contributed by atoms with E-state index in [1.54, 1.807) is 13.8 Å². The fourth-order valence-electron chi connectivity index (χ4n) is 0.853. The van der Waals surface area contributed by atoms with Crippen LogP contribution in [-0.4, -0.2) is 16.6 Å². The van der Waals surface area contributed by atoms with Crippen LogP contribution in [0.15, 0.2) is 12.3 Å². The van der Waals surface area contributed by atoms with E-state index in [0.717, 1.165) is 0 Å². The van der Waals surface area contributed by atoms with Crippen molar-refractivity contribution >= 4 is 29.2 Å². The average Bonchev–Trinajstić information content (AvgIpc) is 2.21. The maximum absolute atomic E-state index is 11.6. The number of hydrogen-bond donors (Lipinski definition) is 0. The number of terminal acetylenes is 1. The molecule has 0 aromatic carbocycles. The van der Waals surface area contributed by atoms with Crippen molar-refractivity contribution in [1.82, 2.24) is 4.98 Å². The first-order chi connectivity index (χ1) is 7.35. The molecule has 0 saturated carbocycles. The molecular formula is C11H9Cl2NO2.